The highest BCUT2D eigenvalue weighted by Crippen LogP contribution is 2.38. The first kappa shape index (κ1) is 25.0. The maximum atomic E-state index is 13.1. The minimum absolute atomic E-state index is 0.0789. The van der Waals surface area contributed by atoms with Crippen molar-refractivity contribution in [1.29, 1.82) is 0 Å². The molecule has 0 aliphatic carbocycles. The SMILES string of the molecule is O=C(O)CN1CCC(COCc2cc(C(F)(F)F)cc(C(F)(F)F)c2)(c2ccccc2)CC1. The molecular weight excluding hydrogens is 452 g/mol. The topological polar surface area (TPSA) is 49.8 Å². The highest BCUT2D eigenvalue weighted by molar-refractivity contribution is 5.69. The number of likely N-dealkylation sites (tertiary alicyclic amines) is 1. The fourth-order valence-electron chi connectivity index (χ4n) is 4.11. The lowest BCUT2D eigenvalue weighted by atomic mass is 9.73. The number of ether oxygens (including phenoxy) is 1. The first-order valence-corrected chi connectivity index (χ1v) is 10.2. The molecule has 0 spiro atoms. The molecule has 2 aromatic rings. The summed E-state index contributed by atoms with van der Waals surface area (Å²) in [5, 5.41) is 9.01. The normalized spacial score (nSPS) is 17.2. The predicted molar refractivity (Wildman–Crippen MR) is 108 cm³/mol. The third kappa shape index (κ3) is 6.48. The van der Waals surface area contributed by atoms with E-state index in [0.29, 0.717) is 38.1 Å². The monoisotopic (exact) mass is 475 g/mol. The van der Waals surface area contributed by atoms with Gasteiger partial charge in [0.05, 0.1) is 30.9 Å². The average Bonchev–Trinajstić information content (AvgIpc) is 2.74. The molecule has 10 heteroatoms. The number of piperidine rings is 1. The van der Waals surface area contributed by atoms with Crippen molar-refractivity contribution < 1.29 is 41.0 Å². The summed E-state index contributed by atoms with van der Waals surface area (Å²) in [6, 6.07) is 10.7. The van der Waals surface area contributed by atoms with Gasteiger partial charge in [-0.15, -0.1) is 0 Å². The quantitative estimate of drug-likeness (QED) is 0.548. The van der Waals surface area contributed by atoms with E-state index in [0.717, 1.165) is 5.56 Å². The molecule has 2 aromatic carbocycles. The van der Waals surface area contributed by atoms with E-state index in [-0.39, 0.29) is 24.8 Å². The van der Waals surface area contributed by atoms with Crippen LogP contribution in [0.3, 0.4) is 0 Å². The summed E-state index contributed by atoms with van der Waals surface area (Å²) in [4.78, 5) is 12.8. The van der Waals surface area contributed by atoms with E-state index in [1.807, 2.05) is 30.3 Å². The molecular formula is C23H23F6NO3. The van der Waals surface area contributed by atoms with E-state index in [1.54, 1.807) is 4.90 Å². The number of carboxylic acid groups (broad SMARTS) is 1. The van der Waals surface area contributed by atoms with Gasteiger partial charge in [-0.1, -0.05) is 30.3 Å². The molecule has 0 bridgehead atoms. The van der Waals surface area contributed by atoms with E-state index in [2.05, 4.69) is 0 Å². The van der Waals surface area contributed by atoms with Gasteiger partial charge in [-0.05, 0) is 55.3 Å². The summed E-state index contributed by atoms with van der Waals surface area (Å²) < 4.78 is 84.3. The standard InChI is InChI=1S/C23H23F6NO3/c24-22(25,26)18-10-16(11-19(12-18)23(27,28)29)14-33-15-21(17-4-2-1-3-5-17)6-8-30(9-7-21)13-20(31)32/h1-5,10-12H,6-9,13-15H2,(H,31,32). The molecule has 1 aliphatic rings. The highest BCUT2D eigenvalue weighted by Gasteiger charge is 2.38. The lowest BCUT2D eigenvalue weighted by Crippen LogP contribution is -2.46. The van der Waals surface area contributed by atoms with Crippen molar-refractivity contribution in [2.75, 3.05) is 26.2 Å². The molecule has 0 atom stereocenters. The average molecular weight is 475 g/mol. The fourth-order valence-corrected chi connectivity index (χ4v) is 4.11. The zero-order valence-corrected chi connectivity index (χ0v) is 17.5. The summed E-state index contributed by atoms with van der Waals surface area (Å²) in [5.74, 6) is -0.941. The van der Waals surface area contributed by atoms with Gasteiger partial charge in [0, 0.05) is 5.41 Å². The Morgan fingerprint density at radius 2 is 1.48 bits per heavy atom. The van der Waals surface area contributed by atoms with E-state index in [9.17, 15) is 31.1 Å². The molecule has 1 aliphatic heterocycles. The lowest BCUT2D eigenvalue weighted by molar-refractivity contribution is -0.143. The number of hydrogen-bond acceptors (Lipinski definition) is 3. The second kappa shape index (κ2) is 9.72. The number of nitrogens with zero attached hydrogens (tertiary/aromatic N) is 1. The maximum Gasteiger partial charge on any atom is 0.416 e. The minimum atomic E-state index is -4.92. The van der Waals surface area contributed by atoms with E-state index >= 15 is 0 Å². The molecule has 0 saturated carbocycles. The van der Waals surface area contributed by atoms with Gasteiger partial charge in [0.1, 0.15) is 0 Å². The summed E-state index contributed by atoms with van der Waals surface area (Å²) >= 11 is 0. The minimum Gasteiger partial charge on any atom is -0.480 e. The lowest BCUT2D eigenvalue weighted by Gasteiger charge is -2.41. The van der Waals surface area contributed by atoms with Gasteiger partial charge in [0.15, 0.2) is 0 Å². The zero-order valence-electron chi connectivity index (χ0n) is 17.5. The smallest absolute Gasteiger partial charge is 0.416 e. The Balaban J connectivity index is 1.78. The van der Waals surface area contributed by atoms with E-state index < -0.39 is 41.5 Å². The molecule has 0 amide bonds. The molecule has 0 radical (unpaired) electrons. The highest BCUT2D eigenvalue weighted by atomic mass is 19.4. The third-order valence-corrected chi connectivity index (χ3v) is 5.85. The van der Waals surface area contributed by atoms with Gasteiger partial charge in [-0.3, -0.25) is 9.69 Å². The Morgan fingerprint density at radius 3 is 1.97 bits per heavy atom. The van der Waals surface area contributed by atoms with Crippen LogP contribution in [0.15, 0.2) is 48.5 Å². The van der Waals surface area contributed by atoms with Crippen LogP contribution in [-0.2, 0) is 33.9 Å². The van der Waals surface area contributed by atoms with Crippen molar-refractivity contribution in [3.63, 3.8) is 0 Å². The van der Waals surface area contributed by atoms with Gasteiger partial charge in [-0.2, -0.15) is 26.3 Å². The van der Waals surface area contributed by atoms with Crippen molar-refractivity contribution in [2.24, 2.45) is 0 Å². The molecule has 3 rings (SSSR count). The second-order valence-electron chi connectivity index (χ2n) is 8.22. The van der Waals surface area contributed by atoms with Crippen molar-refractivity contribution in [3.05, 3.63) is 70.8 Å². The van der Waals surface area contributed by atoms with Crippen LogP contribution in [0.4, 0.5) is 26.3 Å². The Hall–Kier alpha value is -2.59. The van der Waals surface area contributed by atoms with Crippen LogP contribution < -0.4 is 0 Å². The largest absolute Gasteiger partial charge is 0.480 e. The summed E-state index contributed by atoms with van der Waals surface area (Å²) in [6.45, 7) is 0.519. The molecule has 1 N–H and O–H groups in total. The number of halogens is 6. The molecule has 180 valence electrons. The number of benzene rings is 2. The molecule has 0 aromatic heterocycles. The van der Waals surface area contributed by atoms with Crippen LogP contribution in [0.2, 0.25) is 0 Å². The predicted octanol–water partition coefficient (Wildman–Crippen LogP) is 5.36. The Kier molecular flexibility index (Phi) is 7.38. The fraction of sp³-hybridized carbons (Fsp3) is 0.435. The van der Waals surface area contributed by atoms with E-state index in [4.69, 9.17) is 9.84 Å². The second-order valence-corrected chi connectivity index (χ2v) is 8.22. The van der Waals surface area contributed by atoms with Gasteiger partial charge < -0.3 is 9.84 Å². The Bertz CT molecular complexity index is 919. The molecule has 1 fully saturated rings. The van der Waals surface area contributed by atoms with Crippen molar-refractivity contribution in [1.82, 2.24) is 4.90 Å². The van der Waals surface area contributed by atoms with Crippen LogP contribution >= 0.6 is 0 Å². The maximum absolute atomic E-state index is 13.1. The summed E-state index contributed by atoms with van der Waals surface area (Å²) in [7, 11) is 0. The van der Waals surface area contributed by atoms with Gasteiger partial charge >= 0.3 is 18.3 Å². The Morgan fingerprint density at radius 1 is 0.939 bits per heavy atom. The first-order valence-electron chi connectivity index (χ1n) is 10.2. The van der Waals surface area contributed by atoms with Gasteiger partial charge in [-0.25, -0.2) is 0 Å². The van der Waals surface area contributed by atoms with Crippen LogP contribution in [0, 0.1) is 0 Å². The molecule has 33 heavy (non-hydrogen) atoms. The van der Waals surface area contributed by atoms with Crippen molar-refractivity contribution in [2.45, 2.75) is 37.2 Å². The van der Waals surface area contributed by atoms with Crippen LogP contribution in [0.25, 0.3) is 0 Å². The van der Waals surface area contributed by atoms with Gasteiger partial charge in [0.25, 0.3) is 0 Å². The van der Waals surface area contributed by atoms with Crippen molar-refractivity contribution in [3.8, 4) is 0 Å². The number of hydrogen-bond donors (Lipinski definition) is 1. The summed E-state index contributed by atoms with van der Waals surface area (Å²) in [5.41, 5.74) is -2.57. The number of carbonyl (C=O) groups is 1. The molecule has 1 saturated heterocycles. The number of carboxylic acids is 1. The van der Waals surface area contributed by atoms with Crippen molar-refractivity contribution >= 4 is 5.97 Å². The number of aliphatic carboxylic acids is 1. The number of alkyl halides is 6. The van der Waals surface area contributed by atoms with Crippen LogP contribution in [-0.4, -0.2) is 42.2 Å². The molecule has 4 nitrogen and oxygen atoms in total. The zero-order chi connectivity index (χ0) is 24.3. The molecule has 0 unspecified atom stereocenters. The summed E-state index contributed by atoms with van der Waals surface area (Å²) in [6.07, 6.45) is -8.75. The van der Waals surface area contributed by atoms with Crippen LogP contribution in [0.5, 0.6) is 0 Å². The number of rotatable bonds is 7. The van der Waals surface area contributed by atoms with Gasteiger partial charge in [0.2, 0.25) is 0 Å². The third-order valence-electron chi connectivity index (χ3n) is 5.85. The molecule has 1 heterocycles. The van der Waals surface area contributed by atoms with E-state index in [1.165, 1.54) is 0 Å². The Labute approximate surface area is 186 Å². The van der Waals surface area contributed by atoms with Crippen LogP contribution in [0.1, 0.15) is 35.1 Å². The first-order chi connectivity index (χ1) is 15.4.